The summed E-state index contributed by atoms with van der Waals surface area (Å²) in [5, 5.41) is 8.29. The Morgan fingerprint density at radius 2 is 1.83 bits per heavy atom. The van der Waals surface area contributed by atoms with Crippen molar-refractivity contribution in [2.45, 2.75) is 0 Å². The van der Waals surface area contributed by atoms with Crippen LogP contribution in [-0.2, 0) is 4.79 Å². The zero-order valence-electron chi connectivity index (χ0n) is 6.60. The van der Waals surface area contributed by atoms with Gasteiger partial charge in [-0.25, -0.2) is 4.79 Å². The molecule has 3 heteroatoms. The van der Waals surface area contributed by atoms with E-state index < -0.39 is 5.97 Å². The molecule has 0 amide bonds. The number of benzene rings is 1. The summed E-state index contributed by atoms with van der Waals surface area (Å²) in [4.78, 5) is 10.1. The van der Waals surface area contributed by atoms with Gasteiger partial charge in [-0.15, -0.1) is 0 Å². The van der Waals surface area contributed by atoms with Crippen molar-refractivity contribution in [2.24, 2.45) is 0 Å². The fraction of sp³-hybridized carbons (Fsp3) is 0. The van der Waals surface area contributed by atoms with Crippen molar-refractivity contribution in [2.75, 3.05) is 0 Å². The predicted octanol–water partition coefficient (Wildman–Crippen LogP) is 1.40. The molecule has 0 aliphatic carbocycles. The standard InChI is InChI=1S/C9H8O2.Ca/c10-9(11)7-6-8-4-2-1-3-5-8;/h1-7H,(H,10,11);/b7-6+;. The maximum Gasteiger partial charge on any atom is 0.328 e. The van der Waals surface area contributed by atoms with Crippen LogP contribution in [0.1, 0.15) is 5.56 Å². The summed E-state index contributed by atoms with van der Waals surface area (Å²) in [6.07, 6.45) is 2.68. The molecule has 1 N–H and O–H groups in total. The first-order chi connectivity index (χ1) is 5.29. The van der Waals surface area contributed by atoms with Crippen molar-refractivity contribution in [3.05, 3.63) is 42.0 Å². The Morgan fingerprint density at radius 1 is 1.25 bits per heavy atom. The monoisotopic (exact) mass is 188 g/mol. The number of hydrogen-bond acceptors (Lipinski definition) is 1. The molecule has 0 saturated heterocycles. The van der Waals surface area contributed by atoms with Gasteiger partial charge in [0.05, 0.1) is 0 Å². The van der Waals surface area contributed by atoms with E-state index in [1.165, 1.54) is 0 Å². The minimum Gasteiger partial charge on any atom is -0.478 e. The van der Waals surface area contributed by atoms with E-state index in [4.69, 9.17) is 5.11 Å². The van der Waals surface area contributed by atoms with E-state index in [9.17, 15) is 4.79 Å². The SMILES string of the molecule is O=C(O)/C=C/c1ccccc1.[Ca]. The Hall–Kier alpha value is -0.310. The molecule has 1 aromatic carbocycles. The molecule has 0 atom stereocenters. The summed E-state index contributed by atoms with van der Waals surface area (Å²) >= 11 is 0. The van der Waals surface area contributed by atoms with Gasteiger partial charge in [-0.1, -0.05) is 30.3 Å². The van der Waals surface area contributed by atoms with Crippen LogP contribution in [0.3, 0.4) is 0 Å². The summed E-state index contributed by atoms with van der Waals surface area (Å²) in [5.74, 6) is -0.922. The fourth-order valence-corrected chi connectivity index (χ4v) is 0.732. The van der Waals surface area contributed by atoms with Gasteiger partial charge in [0, 0.05) is 43.8 Å². The van der Waals surface area contributed by atoms with E-state index >= 15 is 0 Å². The molecule has 2 radical (unpaired) electrons. The van der Waals surface area contributed by atoms with Crippen molar-refractivity contribution in [3.8, 4) is 0 Å². The molecule has 0 spiro atoms. The summed E-state index contributed by atoms with van der Waals surface area (Å²) in [7, 11) is 0. The first-order valence-electron chi connectivity index (χ1n) is 3.25. The molecular weight excluding hydrogens is 180 g/mol. The first kappa shape index (κ1) is 11.7. The third kappa shape index (κ3) is 4.54. The second-order valence-electron chi connectivity index (χ2n) is 2.08. The fourth-order valence-electron chi connectivity index (χ4n) is 0.732. The molecule has 0 fully saturated rings. The number of hydrogen-bond donors (Lipinski definition) is 1. The van der Waals surface area contributed by atoms with Gasteiger partial charge >= 0.3 is 5.97 Å². The minimum atomic E-state index is -0.922. The summed E-state index contributed by atoms with van der Waals surface area (Å²) in [5.41, 5.74) is 0.898. The van der Waals surface area contributed by atoms with Crippen LogP contribution in [0.15, 0.2) is 36.4 Å². The van der Waals surface area contributed by atoms with Crippen molar-refractivity contribution in [1.82, 2.24) is 0 Å². The molecule has 0 aliphatic rings. The summed E-state index contributed by atoms with van der Waals surface area (Å²) in [6, 6.07) is 9.31. The van der Waals surface area contributed by atoms with Gasteiger partial charge < -0.3 is 5.11 Å². The largest absolute Gasteiger partial charge is 0.478 e. The van der Waals surface area contributed by atoms with Gasteiger partial charge in [0.1, 0.15) is 0 Å². The van der Waals surface area contributed by atoms with Crippen LogP contribution in [0.2, 0.25) is 0 Å². The van der Waals surface area contributed by atoms with E-state index in [2.05, 4.69) is 0 Å². The van der Waals surface area contributed by atoms with Crippen molar-refractivity contribution in [3.63, 3.8) is 0 Å². The molecule has 1 aromatic rings. The quantitative estimate of drug-likeness (QED) is 0.562. The third-order valence-corrected chi connectivity index (χ3v) is 1.22. The molecule has 0 aliphatic heterocycles. The Balaban J connectivity index is 0.00000121. The molecule has 0 saturated carbocycles. The summed E-state index contributed by atoms with van der Waals surface area (Å²) in [6.45, 7) is 0. The van der Waals surface area contributed by atoms with Crippen molar-refractivity contribution >= 4 is 49.8 Å². The molecule has 12 heavy (non-hydrogen) atoms. The number of aliphatic carboxylic acids is 1. The van der Waals surface area contributed by atoms with Crippen LogP contribution in [0.4, 0.5) is 0 Å². The van der Waals surface area contributed by atoms with Crippen LogP contribution in [0, 0.1) is 0 Å². The Bertz CT molecular complexity index is 267. The maximum atomic E-state index is 10.1. The predicted molar refractivity (Wildman–Crippen MR) is 48.9 cm³/mol. The van der Waals surface area contributed by atoms with Gasteiger partial charge in [0.2, 0.25) is 0 Å². The average Bonchev–Trinajstić information content (AvgIpc) is 2.03. The molecule has 0 bridgehead atoms. The number of carboxylic acid groups (broad SMARTS) is 1. The van der Waals surface area contributed by atoms with Crippen molar-refractivity contribution < 1.29 is 9.90 Å². The number of rotatable bonds is 2. The van der Waals surface area contributed by atoms with Gasteiger partial charge in [-0.05, 0) is 11.6 Å². The van der Waals surface area contributed by atoms with E-state index in [0.29, 0.717) is 0 Å². The van der Waals surface area contributed by atoms with E-state index in [0.717, 1.165) is 11.6 Å². The Labute approximate surface area is 101 Å². The molecule has 2 nitrogen and oxygen atoms in total. The average molecular weight is 188 g/mol. The van der Waals surface area contributed by atoms with E-state index in [1.54, 1.807) is 6.08 Å². The molecule has 0 heterocycles. The second-order valence-corrected chi connectivity index (χ2v) is 2.08. The van der Waals surface area contributed by atoms with E-state index in [-0.39, 0.29) is 37.7 Å². The molecular formula is C9H8CaO2. The number of carbonyl (C=O) groups is 1. The van der Waals surface area contributed by atoms with Crippen LogP contribution in [0.5, 0.6) is 0 Å². The van der Waals surface area contributed by atoms with Gasteiger partial charge in [0.25, 0.3) is 0 Å². The Kier molecular flexibility index (Phi) is 6.07. The normalized spacial score (nSPS) is 9.33. The van der Waals surface area contributed by atoms with Gasteiger partial charge in [0.15, 0.2) is 0 Å². The van der Waals surface area contributed by atoms with E-state index in [1.807, 2.05) is 30.3 Å². The van der Waals surface area contributed by atoms with Crippen LogP contribution >= 0.6 is 0 Å². The Morgan fingerprint density at radius 3 is 2.33 bits per heavy atom. The third-order valence-electron chi connectivity index (χ3n) is 1.22. The molecule has 0 unspecified atom stereocenters. The maximum absolute atomic E-state index is 10.1. The molecule has 0 aromatic heterocycles. The van der Waals surface area contributed by atoms with Gasteiger partial charge in [-0.2, -0.15) is 0 Å². The van der Waals surface area contributed by atoms with Crippen LogP contribution in [0.25, 0.3) is 6.08 Å². The summed E-state index contributed by atoms with van der Waals surface area (Å²) < 4.78 is 0. The smallest absolute Gasteiger partial charge is 0.328 e. The molecule has 1 rings (SSSR count). The van der Waals surface area contributed by atoms with Crippen LogP contribution < -0.4 is 0 Å². The number of carboxylic acids is 1. The first-order valence-corrected chi connectivity index (χ1v) is 3.25. The topological polar surface area (TPSA) is 37.3 Å². The zero-order valence-corrected chi connectivity index (χ0v) is 8.81. The molecule has 58 valence electrons. The second kappa shape index (κ2) is 6.23. The van der Waals surface area contributed by atoms with Crippen molar-refractivity contribution in [1.29, 1.82) is 0 Å². The van der Waals surface area contributed by atoms with Crippen LogP contribution in [-0.4, -0.2) is 48.8 Å². The minimum absolute atomic E-state index is 0. The van der Waals surface area contributed by atoms with Gasteiger partial charge in [-0.3, -0.25) is 0 Å². The zero-order chi connectivity index (χ0) is 8.10.